The van der Waals surface area contributed by atoms with Crippen molar-refractivity contribution in [1.82, 2.24) is 20.2 Å². The monoisotopic (exact) mass is 246 g/mol. The van der Waals surface area contributed by atoms with Gasteiger partial charge in [0.15, 0.2) is 5.82 Å². The third-order valence-electron chi connectivity index (χ3n) is 1.97. The number of nitrogens with zero attached hydrogens (tertiary/aromatic N) is 4. The van der Waals surface area contributed by atoms with Crippen molar-refractivity contribution in [3.05, 3.63) is 41.7 Å². The zero-order valence-corrected chi connectivity index (χ0v) is 11.0. The van der Waals surface area contributed by atoms with Crippen molar-refractivity contribution in [3.63, 3.8) is 0 Å². The summed E-state index contributed by atoms with van der Waals surface area (Å²) >= 11 is 0. The molecule has 0 atom stereocenters. The van der Waals surface area contributed by atoms with Crippen molar-refractivity contribution in [3.8, 4) is 0 Å². The Morgan fingerprint density at radius 2 is 1.78 bits per heavy atom. The molecule has 0 aliphatic carbocycles. The van der Waals surface area contributed by atoms with Crippen LogP contribution >= 0.6 is 0 Å². The molecule has 0 unspecified atom stereocenters. The van der Waals surface area contributed by atoms with Crippen molar-refractivity contribution in [2.75, 3.05) is 0 Å². The van der Waals surface area contributed by atoms with Gasteiger partial charge in [0.2, 0.25) is 0 Å². The summed E-state index contributed by atoms with van der Waals surface area (Å²) in [5.74, 6) is 0.307. The van der Waals surface area contributed by atoms with E-state index < -0.39 is 0 Å². The van der Waals surface area contributed by atoms with Crippen LogP contribution in [-0.4, -0.2) is 26.1 Å². The molecule has 5 heteroatoms. The molecule has 0 amide bonds. The van der Waals surface area contributed by atoms with Crippen molar-refractivity contribution in [1.29, 1.82) is 0 Å². The minimum absolute atomic E-state index is 0.261. The number of hydrogen-bond acceptors (Lipinski definition) is 4. The van der Waals surface area contributed by atoms with Crippen molar-refractivity contribution in [2.24, 2.45) is 0 Å². The van der Waals surface area contributed by atoms with Crippen LogP contribution in [0.3, 0.4) is 0 Å². The van der Waals surface area contributed by atoms with Gasteiger partial charge in [-0.3, -0.25) is 4.79 Å². The van der Waals surface area contributed by atoms with E-state index in [4.69, 9.17) is 0 Å². The minimum Gasteiger partial charge on any atom is -0.265 e. The van der Waals surface area contributed by atoms with Gasteiger partial charge in [-0.25, -0.2) is 0 Å². The topological polar surface area (TPSA) is 60.7 Å². The van der Waals surface area contributed by atoms with Crippen LogP contribution < -0.4 is 0 Å². The van der Waals surface area contributed by atoms with Crippen molar-refractivity contribution < 1.29 is 4.79 Å². The maximum Gasteiger partial charge on any atom is 0.297 e. The second kappa shape index (κ2) is 7.32. The molecule has 0 fully saturated rings. The van der Waals surface area contributed by atoms with Gasteiger partial charge < -0.3 is 0 Å². The second-order valence-corrected chi connectivity index (χ2v) is 3.73. The van der Waals surface area contributed by atoms with E-state index in [1.165, 1.54) is 6.42 Å². The molecule has 0 N–H and O–H groups in total. The number of carbonyl (C=O) groups is 1. The molecule has 18 heavy (non-hydrogen) atoms. The van der Waals surface area contributed by atoms with E-state index in [1.807, 2.05) is 13.0 Å². The van der Waals surface area contributed by atoms with E-state index in [0.717, 1.165) is 4.80 Å². The quantitative estimate of drug-likeness (QED) is 0.816. The molecule has 1 aromatic heterocycles. The van der Waals surface area contributed by atoms with Crippen LogP contribution in [0.25, 0.3) is 0 Å². The standard InChI is InChI=1S/C10H10N4O.C3H8/c1-2-9-11-13-14(12-9)10(15)8-6-4-3-5-7-8;1-3-2/h3-7H,2H2,1H3;3H2,1-2H3. The van der Waals surface area contributed by atoms with E-state index in [1.54, 1.807) is 24.3 Å². The molecule has 1 heterocycles. The van der Waals surface area contributed by atoms with Crippen molar-refractivity contribution in [2.45, 2.75) is 33.6 Å². The van der Waals surface area contributed by atoms with Gasteiger partial charge in [-0.05, 0) is 17.3 Å². The lowest BCUT2D eigenvalue weighted by Gasteiger charge is -1.96. The first-order valence-corrected chi connectivity index (χ1v) is 6.11. The molecule has 5 nitrogen and oxygen atoms in total. The zero-order valence-electron chi connectivity index (χ0n) is 11.0. The Kier molecular flexibility index (Phi) is 5.70. The Morgan fingerprint density at radius 1 is 1.17 bits per heavy atom. The van der Waals surface area contributed by atoms with Crippen LogP contribution in [0.4, 0.5) is 0 Å². The third kappa shape index (κ3) is 3.76. The van der Waals surface area contributed by atoms with E-state index in [-0.39, 0.29) is 5.91 Å². The summed E-state index contributed by atoms with van der Waals surface area (Å²) < 4.78 is 0. The minimum atomic E-state index is -0.261. The maximum atomic E-state index is 11.8. The summed E-state index contributed by atoms with van der Waals surface area (Å²) in [5.41, 5.74) is 0.553. The summed E-state index contributed by atoms with van der Waals surface area (Å²) in [6.45, 7) is 6.16. The molecule has 0 bridgehead atoms. The van der Waals surface area contributed by atoms with Crippen molar-refractivity contribution >= 4 is 5.91 Å². The maximum absolute atomic E-state index is 11.8. The third-order valence-corrected chi connectivity index (χ3v) is 1.97. The zero-order chi connectivity index (χ0) is 13.4. The van der Waals surface area contributed by atoms with E-state index in [2.05, 4.69) is 29.3 Å². The van der Waals surface area contributed by atoms with Gasteiger partial charge in [-0.15, -0.1) is 10.2 Å². The molecule has 2 aromatic rings. The average Bonchev–Trinajstić information content (AvgIpc) is 2.88. The number of aryl methyl sites for hydroxylation is 1. The number of rotatable bonds is 2. The summed E-state index contributed by atoms with van der Waals surface area (Å²) in [7, 11) is 0. The van der Waals surface area contributed by atoms with Gasteiger partial charge in [0.05, 0.1) is 0 Å². The number of carbonyl (C=O) groups excluding carboxylic acids is 1. The lowest BCUT2D eigenvalue weighted by Crippen LogP contribution is -2.15. The highest BCUT2D eigenvalue weighted by Gasteiger charge is 2.11. The largest absolute Gasteiger partial charge is 0.297 e. The predicted octanol–water partition coefficient (Wildman–Crippen LogP) is 2.34. The van der Waals surface area contributed by atoms with Crippen LogP contribution in [-0.2, 0) is 6.42 Å². The first-order valence-electron chi connectivity index (χ1n) is 6.11. The molecule has 0 spiro atoms. The van der Waals surface area contributed by atoms with E-state index in [9.17, 15) is 4.79 Å². The molecular weight excluding hydrogens is 228 g/mol. The number of benzene rings is 1. The van der Waals surface area contributed by atoms with Crippen LogP contribution in [0.2, 0.25) is 0 Å². The molecule has 0 aliphatic heterocycles. The number of aromatic nitrogens is 4. The number of hydrogen-bond donors (Lipinski definition) is 0. The fraction of sp³-hybridized carbons (Fsp3) is 0.385. The van der Waals surface area contributed by atoms with Gasteiger partial charge in [0.25, 0.3) is 5.91 Å². The SMILES string of the molecule is CCC.CCc1nnn(C(=O)c2ccccc2)n1. The Morgan fingerprint density at radius 3 is 2.28 bits per heavy atom. The summed E-state index contributed by atoms with van der Waals surface area (Å²) in [5, 5.41) is 11.4. The fourth-order valence-corrected chi connectivity index (χ4v) is 1.17. The first-order chi connectivity index (χ1) is 8.72. The highest BCUT2D eigenvalue weighted by atomic mass is 16.2. The molecule has 0 radical (unpaired) electrons. The van der Waals surface area contributed by atoms with Crippen LogP contribution in [0, 0.1) is 0 Å². The second-order valence-electron chi connectivity index (χ2n) is 3.73. The first kappa shape index (κ1) is 14.0. The predicted molar refractivity (Wildman–Crippen MR) is 69.3 cm³/mol. The van der Waals surface area contributed by atoms with Crippen LogP contribution in [0.15, 0.2) is 30.3 Å². The van der Waals surface area contributed by atoms with Gasteiger partial charge in [-0.2, -0.15) is 0 Å². The summed E-state index contributed by atoms with van der Waals surface area (Å²) in [6, 6.07) is 8.88. The lowest BCUT2D eigenvalue weighted by molar-refractivity contribution is 0.0925. The summed E-state index contributed by atoms with van der Waals surface area (Å²) in [4.78, 5) is 12.8. The van der Waals surface area contributed by atoms with E-state index in [0.29, 0.717) is 17.8 Å². The molecule has 0 saturated heterocycles. The average molecular weight is 246 g/mol. The normalized spacial score (nSPS) is 9.50. The highest BCUT2D eigenvalue weighted by molar-refractivity contribution is 5.94. The Balaban J connectivity index is 0.000000492. The molecule has 96 valence electrons. The van der Waals surface area contributed by atoms with Crippen LogP contribution in [0.5, 0.6) is 0 Å². The molecule has 2 rings (SSSR count). The van der Waals surface area contributed by atoms with Gasteiger partial charge in [-0.1, -0.05) is 50.2 Å². The highest BCUT2D eigenvalue weighted by Crippen LogP contribution is 2.00. The Hall–Kier alpha value is -2.04. The van der Waals surface area contributed by atoms with Gasteiger partial charge >= 0.3 is 0 Å². The molecular formula is C13H18N4O. The Labute approximate surface area is 107 Å². The van der Waals surface area contributed by atoms with Gasteiger partial charge in [0, 0.05) is 12.0 Å². The fourth-order valence-electron chi connectivity index (χ4n) is 1.17. The summed E-state index contributed by atoms with van der Waals surface area (Å²) in [6.07, 6.45) is 1.92. The molecule has 0 aliphatic rings. The lowest BCUT2D eigenvalue weighted by atomic mass is 10.2. The molecule has 1 aromatic carbocycles. The van der Waals surface area contributed by atoms with Gasteiger partial charge in [0.1, 0.15) is 0 Å². The smallest absolute Gasteiger partial charge is 0.265 e. The van der Waals surface area contributed by atoms with E-state index >= 15 is 0 Å². The number of tetrazole rings is 1. The van der Waals surface area contributed by atoms with Crippen LogP contribution in [0.1, 0.15) is 43.4 Å². The Bertz CT molecular complexity index is 479. The molecule has 0 saturated carbocycles.